The molecule has 8 heavy (non-hydrogen) atoms. The molecule has 1 atom stereocenters. The standard InChI is InChI=1S/C5H8FO2/c1-2-4(6)3-5(7)8/h4H,2-3H2,1H3. The number of alkyl halides is 1. The maximum absolute atomic E-state index is 12.0. The Morgan fingerprint density at radius 1 is 1.75 bits per heavy atom. The van der Waals surface area contributed by atoms with E-state index >= 15 is 0 Å². The van der Waals surface area contributed by atoms with E-state index in [2.05, 4.69) is 0 Å². The molecule has 0 saturated heterocycles. The summed E-state index contributed by atoms with van der Waals surface area (Å²) in [5.41, 5.74) is 0. The molecular formula is C5H8FO2. The van der Waals surface area contributed by atoms with Crippen LogP contribution in [0.5, 0.6) is 0 Å². The largest absolute Gasteiger partial charge is 0.358 e. The Labute approximate surface area is 47.3 Å². The van der Waals surface area contributed by atoms with Crippen molar-refractivity contribution in [1.82, 2.24) is 0 Å². The predicted octanol–water partition coefficient (Wildman–Crippen LogP) is 1.08. The molecule has 0 aliphatic rings. The van der Waals surface area contributed by atoms with Crippen LogP contribution in [-0.4, -0.2) is 12.1 Å². The second-order valence-corrected chi connectivity index (χ2v) is 1.58. The molecule has 0 N–H and O–H groups in total. The summed E-state index contributed by atoms with van der Waals surface area (Å²) in [6.45, 7) is 1.59. The van der Waals surface area contributed by atoms with E-state index in [9.17, 15) is 14.3 Å². The van der Waals surface area contributed by atoms with Crippen molar-refractivity contribution in [2.45, 2.75) is 25.9 Å². The van der Waals surface area contributed by atoms with Crippen molar-refractivity contribution in [1.29, 1.82) is 0 Å². The van der Waals surface area contributed by atoms with E-state index in [1.165, 1.54) is 0 Å². The second kappa shape index (κ2) is 3.41. The van der Waals surface area contributed by atoms with Crippen molar-refractivity contribution < 1.29 is 14.3 Å². The first-order valence-electron chi connectivity index (χ1n) is 2.50. The minimum absolute atomic E-state index is 0.244. The van der Waals surface area contributed by atoms with Gasteiger partial charge in [-0.25, -0.2) is 14.3 Å². The van der Waals surface area contributed by atoms with Gasteiger partial charge in [0.25, 0.3) is 0 Å². The fourth-order valence-electron chi connectivity index (χ4n) is 0.325. The topological polar surface area (TPSA) is 37.0 Å². The molecule has 0 heterocycles. The molecule has 1 radical (unpaired) electrons. The van der Waals surface area contributed by atoms with Gasteiger partial charge in [-0.15, -0.1) is 0 Å². The van der Waals surface area contributed by atoms with Gasteiger partial charge >= 0.3 is 5.97 Å². The molecule has 0 amide bonds. The monoisotopic (exact) mass is 119 g/mol. The van der Waals surface area contributed by atoms with Crippen LogP contribution < -0.4 is 0 Å². The fourth-order valence-corrected chi connectivity index (χ4v) is 0.325. The van der Waals surface area contributed by atoms with Gasteiger partial charge in [0.15, 0.2) is 0 Å². The molecule has 0 rings (SSSR count). The first-order chi connectivity index (χ1) is 3.66. The Kier molecular flexibility index (Phi) is 3.15. The lowest BCUT2D eigenvalue weighted by Crippen LogP contribution is -2.04. The fraction of sp³-hybridized carbons (Fsp3) is 0.800. The lowest BCUT2D eigenvalue weighted by atomic mass is 10.2. The smallest absolute Gasteiger partial charge is 0.247 e. The molecule has 0 aromatic carbocycles. The van der Waals surface area contributed by atoms with Crippen molar-refractivity contribution in [3.63, 3.8) is 0 Å². The van der Waals surface area contributed by atoms with Crippen molar-refractivity contribution >= 4 is 5.97 Å². The van der Waals surface area contributed by atoms with Crippen LogP contribution in [0.25, 0.3) is 0 Å². The molecule has 0 aliphatic carbocycles. The van der Waals surface area contributed by atoms with E-state index in [4.69, 9.17) is 0 Å². The van der Waals surface area contributed by atoms with Gasteiger partial charge in [-0.2, -0.15) is 0 Å². The minimum Gasteiger partial charge on any atom is -0.247 e. The maximum atomic E-state index is 12.0. The van der Waals surface area contributed by atoms with Crippen molar-refractivity contribution in [2.75, 3.05) is 0 Å². The molecule has 47 valence electrons. The third-order valence-corrected chi connectivity index (χ3v) is 0.831. The van der Waals surface area contributed by atoms with Crippen LogP contribution >= 0.6 is 0 Å². The summed E-state index contributed by atoms with van der Waals surface area (Å²) in [6, 6.07) is 0. The zero-order valence-corrected chi connectivity index (χ0v) is 4.69. The Balaban J connectivity index is 3.24. The molecule has 0 aliphatic heterocycles. The van der Waals surface area contributed by atoms with Gasteiger partial charge in [-0.3, -0.25) is 0 Å². The van der Waals surface area contributed by atoms with Gasteiger partial charge in [0.2, 0.25) is 0 Å². The Morgan fingerprint density at radius 3 is 2.38 bits per heavy atom. The van der Waals surface area contributed by atoms with Crippen LogP contribution in [0.4, 0.5) is 4.39 Å². The molecule has 0 saturated carbocycles. The first kappa shape index (κ1) is 7.40. The minimum atomic E-state index is -1.32. The first-order valence-corrected chi connectivity index (χ1v) is 2.50. The predicted molar refractivity (Wildman–Crippen MR) is 25.5 cm³/mol. The van der Waals surface area contributed by atoms with E-state index in [0.29, 0.717) is 0 Å². The molecular weight excluding hydrogens is 111 g/mol. The van der Waals surface area contributed by atoms with Crippen LogP contribution in [0.3, 0.4) is 0 Å². The number of rotatable bonds is 3. The van der Waals surface area contributed by atoms with E-state index in [1.807, 2.05) is 0 Å². The van der Waals surface area contributed by atoms with Crippen molar-refractivity contribution in [3.05, 3.63) is 0 Å². The SMILES string of the molecule is CCC(F)CC([O])=O. The molecule has 1 unspecified atom stereocenters. The highest BCUT2D eigenvalue weighted by Gasteiger charge is 2.08. The Morgan fingerprint density at radius 2 is 2.25 bits per heavy atom. The summed E-state index contributed by atoms with van der Waals surface area (Å²) in [7, 11) is 0. The Bertz CT molecular complexity index is 82.5. The second-order valence-electron chi connectivity index (χ2n) is 1.58. The molecule has 0 aromatic rings. The quantitative estimate of drug-likeness (QED) is 0.547. The molecule has 0 bridgehead atoms. The van der Waals surface area contributed by atoms with E-state index < -0.39 is 18.6 Å². The van der Waals surface area contributed by atoms with Gasteiger partial charge in [0.1, 0.15) is 6.17 Å². The maximum Gasteiger partial charge on any atom is 0.358 e. The highest BCUT2D eigenvalue weighted by atomic mass is 19.1. The third kappa shape index (κ3) is 3.59. The number of halogens is 1. The third-order valence-electron chi connectivity index (χ3n) is 0.831. The summed E-state index contributed by atoms with van der Waals surface area (Å²) in [5.74, 6) is -1.32. The number of carbonyl (C=O) groups excluding carboxylic acids is 1. The van der Waals surface area contributed by atoms with Crippen LogP contribution in [0.1, 0.15) is 19.8 Å². The summed E-state index contributed by atoms with van der Waals surface area (Å²) in [5, 5.41) is 9.62. The van der Waals surface area contributed by atoms with Crippen LogP contribution in [0, 0.1) is 0 Å². The summed E-state index contributed by atoms with van der Waals surface area (Å²) in [6.07, 6.45) is -1.47. The van der Waals surface area contributed by atoms with E-state index in [-0.39, 0.29) is 6.42 Å². The lowest BCUT2D eigenvalue weighted by Gasteiger charge is -1.95. The van der Waals surface area contributed by atoms with Crippen LogP contribution in [-0.2, 0) is 9.90 Å². The van der Waals surface area contributed by atoms with Crippen LogP contribution in [0.2, 0.25) is 0 Å². The zero-order valence-electron chi connectivity index (χ0n) is 4.69. The molecule has 0 fully saturated rings. The van der Waals surface area contributed by atoms with Gasteiger partial charge in [-0.1, -0.05) is 6.92 Å². The Hall–Kier alpha value is -0.600. The molecule has 0 spiro atoms. The highest BCUT2D eigenvalue weighted by molar-refractivity contribution is 5.66. The van der Waals surface area contributed by atoms with Crippen molar-refractivity contribution in [3.8, 4) is 0 Å². The average molecular weight is 119 g/mol. The van der Waals surface area contributed by atoms with Crippen molar-refractivity contribution in [2.24, 2.45) is 0 Å². The molecule has 2 nitrogen and oxygen atoms in total. The van der Waals surface area contributed by atoms with Gasteiger partial charge in [0, 0.05) is 0 Å². The lowest BCUT2D eigenvalue weighted by molar-refractivity contribution is -0.144. The van der Waals surface area contributed by atoms with Gasteiger partial charge in [-0.05, 0) is 6.42 Å². The molecule has 0 aromatic heterocycles. The number of carbonyl (C=O) groups is 1. The van der Waals surface area contributed by atoms with Crippen LogP contribution in [0.15, 0.2) is 0 Å². The summed E-state index contributed by atoms with van der Waals surface area (Å²) < 4.78 is 12.0. The van der Waals surface area contributed by atoms with E-state index in [1.54, 1.807) is 6.92 Å². The van der Waals surface area contributed by atoms with E-state index in [0.717, 1.165) is 0 Å². The number of hydrogen-bond donors (Lipinski definition) is 0. The van der Waals surface area contributed by atoms with Gasteiger partial charge < -0.3 is 0 Å². The highest BCUT2D eigenvalue weighted by Crippen LogP contribution is 2.01. The average Bonchev–Trinajstić information content (AvgIpc) is 1.65. The summed E-state index contributed by atoms with van der Waals surface area (Å²) in [4.78, 5) is 9.62. The summed E-state index contributed by atoms with van der Waals surface area (Å²) >= 11 is 0. The number of hydrogen-bond acceptors (Lipinski definition) is 1. The normalized spacial score (nSPS) is 13.2. The zero-order chi connectivity index (χ0) is 6.57. The van der Waals surface area contributed by atoms with Gasteiger partial charge in [0.05, 0.1) is 6.42 Å². The molecule has 3 heteroatoms.